The number of benzene rings is 10. The molecule has 0 atom stereocenters. The molecule has 1 heterocycles. The van der Waals surface area contributed by atoms with Crippen molar-refractivity contribution in [2.24, 2.45) is 0 Å². The van der Waals surface area contributed by atoms with Crippen LogP contribution in [0.2, 0.25) is 0 Å². The van der Waals surface area contributed by atoms with Gasteiger partial charge in [-0.05, 0) is 126 Å². The topological polar surface area (TPSA) is 16.4 Å². The lowest BCUT2D eigenvalue weighted by atomic mass is 9.91. The van der Waals surface area contributed by atoms with Crippen LogP contribution in [0, 0.1) is 0 Å². The summed E-state index contributed by atoms with van der Waals surface area (Å²) in [6.45, 7) is 0. The predicted octanol–water partition coefficient (Wildman–Crippen LogP) is 15.5. The SMILES string of the molecule is c1ccc(-c2ccc(N(c3ccc(-c4ccc5c(-c6ccc7ccccc7c6)cc6oc7ccccc7c6c5c4)cc3)c3ccc4ccccc4c3)cc2)cc1. The van der Waals surface area contributed by atoms with Crippen LogP contribution in [0.15, 0.2) is 217 Å². The largest absolute Gasteiger partial charge is 0.456 e. The number of furan rings is 1. The predicted molar refractivity (Wildman–Crippen MR) is 237 cm³/mol. The second-order valence-electron chi connectivity index (χ2n) is 14.5. The number of fused-ring (bicyclic) bond motifs is 7. The van der Waals surface area contributed by atoms with Crippen molar-refractivity contribution in [2.45, 2.75) is 0 Å². The van der Waals surface area contributed by atoms with Crippen molar-refractivity contribution in [3.63, 3.8) is 0 Å². The minimum atomic E-state index is 0.902. The molecule has 11 aromatic rings. The molecule has 56 heavy (non-hydrogen) atoms. The maximum absolute atomic E-state index is 6.54. The van der Waals surface area contributed by atoms with Crippen molar-refractivity contribution in [3.8, 4) is 33.4 Å². The molecule has 0 saturated heterocycles. The first-order valence-electron chi connectivity index (χ1n) is 19.2. The highest BCUT2D eigenvalue weighted by molar-refractivity contribution is 6.22. The van der Waals surface area contributed by atoms with Gasteiger partial charge in [-0.2, -0.15) is 0 Å². The van der Waals surface area contributed by atoms with Crippen LogP contribution in [0.5, 0.6) is 0 Å². The number of para-hydroxylation sites is 1. The van der Waals surface area contributed by atoms with Crippen molar-refractivity contribution in [1.29, 1.82) is 0 Å². The monoisotopic (exact) mass is 713 g/mol. The average molecular weight is 714 g/mol. The molecule has 2 heteroatoms. The lowest BCUT2D eigenvalue weighted by Crippen LogP contribution is -2.09. The summed E-state index contributed by atoms with van der Waals surface area (Å²) in [6, 6.07) is 76.5. The van der Waals surface area contributed by atoms with Gasteiger partial charge in [-0.3, -0.25) is 0 Å². The fourth-order valence-electron chi connectivity index (χ4n) is 8.41. The zero-order valence-corrected chi connectivity index (χ0v) is 30.6. The van der Waals surface area contributed by atoms with Crippen LogP contribution >= 0.6 is 0 Å². The van der Waals surface area contributed by atoms with E-state index in [9.17, 15) is 0 Å². The molecule has 0 spiro atoms. The van der Waals surface area contributed by atoms with Gasteiger partial charge < -0.3 is 9.32 Å². The highest BCUT2D eigenvalue weighted by Gasteiger charge is 2.18. The molecule has 0 unspecified atom stereocenters. The van der Waals surface area contributed by atoms with E-state index in [2.05, 4.69) is 211 Å². The first kappa shape index (κ1) is 32.0. The molecule has 0 aliphatic heterocycles. The number of nitrogens with zero attached hydrogens (tertiary/aromatic N) is 1. The van der Waals surface area contributed by atoms with Gasteiger partial charge in [0.25, 0.3) is 0 Å². The third-order valence-electron chi connectivity index (χ3n) is 11.2. The molecule has 0 aliphatic rings. The molecule has 11 rings (SSSR count). The van der Waals surface area contributed by atoms with E-state index in [0.717, 1.165) is 50.1 Å². The van der Waals surface area contributed by atoms with Gasteiger partial charge in [-0.25, -0.2) is 0 Å². The van der Waals surface area contributed by atoms with E-state index in [1.807, 2.05) is 6.07 Å². The highest BCUT2D eigenvalue weighted by Crippen LogP contribution is 2.43. The van der Waals surface area contributed by atoms with Gasteiger partial charge in [-0.1, -0.05) is 152 Å². The zero-order chi connectivity index (χ0) is 37.0. The molecule has 0 radical (unpaired) electrons. The first-order valence-corrected chi connectivity index (χ1v) is 19.2. The normalized spacial score (nSPS) is 11.6. The molecule has 1 aromatic heterocycles. The minimum Gasteiger partial charge on any atom is -0.456 e. The Labute approximate surface area is 325 Å². The Morgan fingerprint density at radius 3 is 1.55 bits per heavy atom. The third-order valence-corrected chi connectivity index (χ3v) is 11.2. The quantitative estimate of drug-likeness (QED) is 0.171. The van der Waals surface area contributed by atoms with Gasteiger partial charge in [0.1, 0.15) is 11.2 Å². The van der Waals surface area contributed by atoms with Crippen LogP contribution in [0.25, 0.3) is 87.6 Å². The summed E-state index contributed by atoms with van der Waals surface area (Å²) in [7, 11) is 0. The Morgan fingerprint density at radius 1 is 0.286 bits per heavy atom. The summed E-state index contributed by atoms with van der Waals surface area (Å²) >= 11 is 0. The van der Waals surface area contributed by atoms with Crippen LogP contribution < -0.4 is 4.90 Å². The third kappa shape index (κ3) is 5.51. The summed E-state index contributed by atoms with van der Waals surface area (Å²) in [5.41, 5.74) is 12.2. The van der Waals surface area contributed by atoms with Crippen LogP contribution in [-0.4, -0.2) is 0 Å². The van der Waals surface area contributed by atoms with E-state index in [-0.39, 0.29) is 0 Å². The molecular weight excluding hydrogens is 679 g/mol. The maximum Gasteiger partial charge on any atom is 0.136 e. The summed E-state index contributed by atoms with van der Waals surface area (Å²) in [5, 5.41) is 9.59. The van der Waals surface area contributed by atoms with Crippen molar-refractivity contribution in [2.75, 3.05) is 4.90 Å². The van der Waals surface area contributed by atoms with E-state index < -0.39 is 0 Å². The Balaban J connectivity index is 1.03. The van der Waals surface area contributed by atoms with Gasteiger partial charge in [-0.15, -0.1) is 0 Å². The number of rotatable bonds is 6. The Morgan fingerprint density at radius 2 is 0.821 bits per heavy atom. The summed E-state index contributed by atoms with van der Waals surface area (Å²) in [6.07, 6.45) is 0. The van der Waals surface area contributed by atoms with E-state index in [1.165, 1.54) is 54.6 Å². The van der Waals surface area contributed by atoms with E-state index in [4.69, 9.17) is 4.42 Å². The Kier molecular flexibility index (Phi) is 7.53. The van der Waals surface area contributed by atoms with Crippen molar-refractivity contribution < 1.29 is 4.42 Å². The molecule has 0 aliphatic carbocycles. The second kappa shape index (κ2) is 13.2. The zero-order valence-electron chi connectivity index (χ0n) is 30.6. The molecule has 0 fully saturated rings. The standard InChI is InChI=1S/C54H35NO/c1-2-10-36(11-3-1)39-20-26-45(27-21-39)55(47-30-24-38-13-5-7-15-42(38)33-47)46-28-22-40(23-29-46)43-25-31-48-50(44-19-18-37-12-4-6-14-41(37)32-44)35-53-54(51(48)34-43)49-16-8-9-17-52(49)56-53/h1-35H. The number of hydrogen-bond acceptors (Lipinski definition) is 2. The second-order valence-corrected chi connectivity index (χ2v) is 14.5. The fraction of sp³-hybridized carbons (Fsp3) is 0. The Hall–Kier alpha value is -7.42. The minimum absolute atomic E-state index is 0.902. The van der Waals surface area contributed by atoms with Crippen molar-refractivity contribution in [1.82, 2.24) is 0 Å². The lowest BCUT2D eigenvalue weighted by Gasteiger charge is -2.26. The summed E-state index contributed by atoms with van der Waals surface area (Å²) in [4.78, 5) is 2.35. The summed E-state index contributed by atoms with van der Waals surface area (Å²) < 4.78 is 6.54. The average Bonchev–Trinajstić information content (AvgIpc) is 3.65. The van der Waals surface area contributed by atoms with Gasteiger partial charge in [0.05, 0.1) is 0 Å². The van der Waals surface area contributed by atoms with Gasteiger partial charge in [0, 0.05) is 27.8 Å². The van der Waals surface area contributed by atoms with E-state index >= 15 is 0 Å². The maximum atomic E-state index is 6.54. The van der Waals surface area contributed by atoms with Gasteiger partial charge in [0.2, 0.25) is 0 Å². The van der Waals surface area contributed by atoms with Gasteiger partial charge >= 0.3 is 0 Å². The van der Waals surface area contributed by atoms with Gasteiger partial charge in [0.15, 0.2) is 0 Å². The molecule has 0 bridgehead atoms. The van der Waals surface area contributed by atoms with Crippen LogP contribution in [-0.2, 0) is 0 Å². The highest BCUT2D eigenvalue weighted by atomic mass is 16.3. The first-order chi connectivity index (χ1) is 27.7. The van der Waals surface area contributed by atoms with E-state index in [1.54, 1.807) is 0 Å². The molecule has 0 saturated carbocycles. The van der Waals surface area contributed by atoms with Crippen LogP contribution in [0.4, 0.5) is 17.1 Å². The number of anilines is 3. The lowest BCUT2D eigenvalue weighted by molar-refractivity contribution is 0.669. The molecule has 2 nitrogen and oxygen atoms in total. The molecular formula is C54H35NO. The van der Waals surface area contributed by atoms with Crippen LogP contribution in [0.1, 0.15) is 0 Å². The summed E-state index contributed by atoms with van der Waals surface area (Å²) in [5.74, 6) is 0. The van der Waals surface area contributed by atoms with Crippen molar-refractivity contribution >= 4 is 71.3 Å². The molecule has 10 aromatic carbocycles. The molecule has 0 N–H and O–H groups in total. The van der Waals surface area contributed by atoms with E-state index in [0.29, 0.717) is 0 Å². The fourth-order valence-corrected chi connectivity index (χ4v) is 8.41. The molecule has 0 amide bonds. The number of hydrogen-bond donors (Lipinski definition) is 0. The molecule has 262 valence electrons. The smallest absolute Gasteiger partial charge is 0.136 e. The van der Waals surface area contributed by atoms with Crippen LogP contribution in [0.3, 0.4) is 0 Å². The Bertz CT molecular complexity index is 3230. The van der Waals surface area contributed by atoms with Crippen molar-refractivity contribution in [3.05, 3.63) is 212 Å².